The summed E-state index contributed by atoms with van der Waals surface area (Å²) >= 11 is 6.11. The Kier molecular flexibility index (Phi) is 4.27. The first-order chi connectivity index (χ1) is 11.5. The number of hydrogen-bond donors (Lipinski definition) is 2. The Morgan fingerprint density at radius 1 is 1.21 bits per heavy atom. The number of nitrogens with two attached hydrogens (primary N) is 1. The van der Waals surface area contributed by atoms with Crippen LogP contribution in [-0.4, -0.2) is 5.91 Å². The fourth-order valence-electron chi connectivity index (χ4n) is 2.37. The summed E-state index contributed by atoms with van der Waals surface area (Å²) in [4.78, 5) is 12.3. The fourth-order valence-corrected chi connectivity index (χ4v) is 2.69. The van der Waals surface area contributed by atoms with Crippen LogP contribution in [0.25, 0.3) is 11.3 Å². The molecule has 24 heavy (non-hydrogen) atoms. The van der Waals surface area contributed by atoms with Gasteiger partial charge in [-0.3, -0.25) is 4.79 Å². The maximum Gasteiger partial charge on any atom is 0.291 e. The summed E-state index contributed by atoms with van der Waals surface area (Å²) in [5, 5.41) is 3.02. The quantitative estimate of drug-likeness (QED) is 0.665. The van der Waals surface area contributed by atoms with Crippen molar-refractivity contribution < 1.29 is 13.6 Å². The number of halogens is 2. The van der Waals surface area contributed by atoms with E-state index in [1.165, 1.54) is 12.1 Å². The number of furan rings is 1. The summed E-state index contributed by atoms with van der Waals surface area (Å²) in [5.74, 6) is -0.567. The normalized spacial score (nSPS) is 10.6. The van der Waals surface area contributed by atoms with E-state index in [0.717, 1.165) is 5.56 Å². The Balaban J connectivity index is 1.86. The highest BCUT2D eigenvalue weighted by Gasteiger charge is 2.16. The highest BCUT2D eigenvalue weighted by atomic mass is 35.5. The molecule has 4 nitrogen and oxygen atoms in total. The van der Waals surface area contributed by atoms with Gasteiger partial charge in [0, 0.05) is 5.69 Å². The van der Waals surface area contributed by atoms with Gasteiger partial charge in [0.25, 0.3) is 5.91 Å². The van der Waals surface area contributed by atoms with Gasteiger partial charge in [-0.05, 0) is 48.9 Å². The van der Waals surface area contributed by atoms with Crippen LogP contribution in [0.4, 0.5) is 15.8 Å². The Morgan fingerprint density at radius 3 is 2.67 bits per heavy atom. The summed E-state index contributed by atoms with van der Waals surface area (Å²) in [5.41, 5.74) is 7.69. The van der Waals surface area contributed by atoms with Gasteiger partial charge in [0.1, 0.15) is 11.6 Å². The molecule has 0 radical (unpaired) electrons. The number of anilines is 2. The average Bonchev–Trinajstić information content (AvgIpc) is 3.01. The molecule has 1 heterocycles. The van der Waals surface area contributed by atoms with Crippen molar-refractivity contribution in [2.75, 3.05) is 11.1 Å². The first kappa shape index (κ1) is 16.1. The van der Waals surface area contributed by atoms with Gasteiger partial charge in [0.2, 0.25) is 0 Å². The molecule has 0 fully saturated rings. The van der Waals surface area contributed by atoms with Gasteiger partial charge in [-0.25, -0.2) is 4.39 Å². The van der Waals surface area contributed by atoms with Crippen LogP contribution in [0.3, 0.4) is 0 Å². The van der Waals surface area contributed by atoms with E-state index >= 15 is 0 Å². The van der Waals surface area contributed by atoms with Crippen LogP contribution in [0.5, 0.6) is 0 Å². The summed E-state index contributed by atoms with van der Waals surface area (Å²) in [7, 11) is 0. The number of aryl methyl sites for hydroxylation is 1. The molecule has 0 bridgehead atoms. The highest BCUT2D eigenvalue weighted by Crippen LogP contribution is 2.30. The molecule has 0 saturated heterocycles. The maximum absolute atomic E-state index is 13.8. The number of benzene rings is 2. The van der Waals surface area contributed by atoms with E-state index < -0.39 is 11.7 Å². The fraction of sp³-hybridized carbons (Fsp3) is 0.0556. The van der Waals surface area contributed by atoms with E-state index in [1.807, 2.05) is 0 Å². The van der Waals surface area contributed by atoms with Crippen LogP contribution in [0.15, 0.2) is 52.9 Å². The molecule has 0 aliphatic heterocycles. The van der Waals surface area contributed by atoms with Gasteiger partial charge in [0.05, 0.1) is 16.3 Å². The number of rotatable bonds is 3. The average molecular weight is 345 g/mol. The lowest BCUT2D eigenvalue weighted by molar-refractivity contribution is 0.0997. The SMILES string of the molecule is Cc1cc(N)cc(Cl)c1NC(=O)c1ccc(-c2ccccc2F)o1. The standard InChI is InChI=1S/C18H14ClFN2O2/c1-10-8-11(21)9-13(19)17(10)22-18(23)16-7-6-15(24-16)12-4-2-3-5-14(12)20/h2-9H,21H2,1H3,(H,22,23). The van der Waals surface area contributed by atoms with Gasteiger partial charge in [0.15, 0.2) is 5.76 Å². The van der Waals surface area contributed by atoms with Crippen molar-refractivity contribution in [3.63, 3.8) is 0 Å². The number of nitrogen functional groups attached to an aromatic ring is 1. The molecule has 2 aromatic carbocycles. The van der Waals surface area contributed by atoms with Crippen molar-refractivity contribution in [2.24, 2.45) is 0 Å². The minimum atomic E-state index is -0.479. The minimum Gasteiger partial charge on any atom is -0.451 e. The van der Waals surface area contributed by atoms with Crippen LogP contribution >= 0.6 is 11.6 Å². The number of hydrogen-bond acceptors (Lipinski definition) is 3. The second-order valence-corrected chi connectivity index (χ2v) is 5.70. The van der Waals surface area contributed by atoms with Crippen molar-refractivity contribution in [3.05, 3.63) is 70.7 Å². The van der Waals surface area contributed by atoms with Crippen molar-refractivity contribution in [1.82, 2.24) is 0 Å². The zero-order valence-electron chi connectivity index (χ0n) is 12.8. The van der Waals surface area contributed by atoms with Gasteiger partial charge in [-0.15, -0.1) is 0 Å². The largest absolute Gasteiger partial charge is 0.451 e. The monoisotopic (exact) mass is 344 g/mol. The van der Waals surface area contributed by atoms with Gasteiger partial charge >= 0.3 is 0 Å². The van der Waals surface area contributed by atoms with Crippen LogP contribution in [0.2, 0.25) is 5.02 Å². The third kappa shape index (κ3) is 3.12. The Bertz CT molecular complexity index is 898. The van der Waals surface area contributed by atoms with Crippen LogP contribution in [0, 0.1) is 12.7 Å². The number of carbonyl (C=O) groups is 1. The zero-order chi connectivity index (χ0) is 17.3. The second kappa shape index (κ2) is 6.37. The van der Waals surface area contributed by atoms with Gasteiger partial charge < -0.3 is 15.5 Å². The van der Waals surface area contributed by atoms with Gasteiger partial charge in [-0.2, -0.15) is 0 Å². The molecule has 6 heteroatoms. The van der Waals surface area contributed by atoms with Crippen molar-refractivity contribution in [2.45, 2.75) is 6.92 Å². The minimum absolute atomic E-state index is 0.0561. The molecule has 3 aromatic rings. The van der Waals surface area contributed by atoms with Gasteiger partial charge in [-0.1, -0.05) is 23.7 Å². The number of nitrogens with one attached hydrogen (secondary N) is 1. The predicted octanol–water partition coefficient (Wildman–Crippen LogP) is 4.88. The number of amides is 1. The van der Waals surface area contributed by atoms with Crippen molar-refractivity contribution in [3.8, 4) is 11.3 Å². The molecule has 0 saturated carbocycles. The smallest absolute Gasteiger partial charge is 0.291 e. The van der Waals surface area contributed by atoms with Crippen molar-refractivity contribution >= 4 is 28.9 Å². The summed E-state index contributed by atoms with van der Waals surface area (Å²) in [6.07, 6.45) is 0. The maximum atomic E-state index is 13.8. The molecule has 122 valence electrons. The zero-order valence-corrected chi connectivity index (χ0v) is 13.5. The number of carbonyl (C=O) groups excluding carboxylic acids is 1. The molecule has 3 N–H and O–H groups in total. The predicted molar refractivity (Wildman–Crippen MR) is 92.7 cm³/mol. The lowest BCUT2D eigenvalue weighted by atomic mass is 10.1. The van der Waals surface area contributed by atoms with Crippen LogP contribution < -0.4 is 11.1 Å². The first-order valence-electron chi connectivity index (χ1n) is 7.17. The van der Waals surface area contributed by atoms with Crippen molar-refractivity contribution in [1.29, 1.82) is 0 Å². The molecular weight excluding hydrogens is 331 g/mol. The van der Waals surface area contributed by atoms with Crippen LogP contribution in [0.1, 0.15) is 16.1 Å². The molecule has 1 aromatic heterocycles. The topological polar surface area (TPSA) is 68.3 Å². The molecule has 1 amide bonds. The van der Waals surface area contributed by atoms with E-state index in [2.05, 4.69) is 5.32 Å². The highest BCUT2D eigenvalue weighted by molar-refractivity contribution is 6.34. The summed E-state index contributed by atoms with van der Waals surface area (Å²) in [6, 6.07) is 12.5. The molecule has 0 spiro atoms. The molecule has 3 rings (SSSR count). The van der Waals surface area contributed by atoms with E-state index in [1.54, 1.807) is 43.3 Å². The molecular formula is C18H14ClFN2O2. The molecule has 0 aliphatic rings. The Morgan fingerprint density at radius 2 is 1.96 bits per heavy atom. The lowest BCUT2D eigenvalue weighted by Crippen LogP contribution is -2.12. The van der Waals surface area contributed by atoms with E-state index in [9.17, 15) is 9.18 Å². The third-order valence-electron chi connectivity index (χ3n) is 3.52. The second-order valence-electron chi connectivity index (χ2n) is 5.29. The first-order valence-corrected chi connectivity index (χ1v) is 7.55. The van der Waals surface area contributed by atoms with Crippen LogP contribution in [-0.2, 0) is 0 Å². The Labute approximate surface area is 143 Å². The lowest BCUT2D eigenvalue weighted by Gasteiger charge is -2.10. The van der Waals surface area contributed by atoms with E-state index in [-0.39, 0.29) is 11.5 Å². The molecule has 0 unspecified atom stereocenters. The summed E-state index contributed by atoms with van der Waals surface area (Å²) < 4.78 is 19.3. The van der Waals surface area contributed by atoms with E-state index in [4.69, 9.17) is 21.8 Å². The van der Waals surface area contributed by atoms with E-state index in [0.29, 0.717) is 22.0 Å². The third-order valence-corrected chi connectivity index (χ3v) is 3.82. The molecule has 0 atom stereocenters. The Hall–Kier alpha value is -2.79. The molecule has 0 aliphatic carbocycles. The summed E-state index contributed by atoms with van der Waals surface area (Å²) in [6.45, 7) is 1.78.